The molecule has 0 bridgehead atoms. The van der Waals surface area contributed by atoms with Crippen molar-refractivity contribution in [2.24, 2.45) is 0 Å². The lowest BCUT2D eigenvalue weighted by molar-refractivity contribution is 0.0941. The second kappa shape index (κ2) is 4.72. The van der Waals surface area contributed by atoms with Crippen LogP contribution in [0.5, 0.6) is 0 Å². The summed E-state index contributed by atoms with van der Waals surface area (Å²) >= 11 is 1.05. The molecule has 0 aromatic carbocycles. The highest BCUT2D eigenvalue weighted by Gasteiger charge is 2.14. The Hall–Kier alpha value is -1.41. The van der Waals surface area contributed by atoms with E-state index in [9.17, 15) is 9.18 Å². The molecule has 0 aliphatic rings. The molecule has 5 heteroatoms. The number of amides is 1. The van der Waals surface area contributed by atoms with Gasteiger partial charge in [0, 0.05) is 6.04 Å². The van der Waals surface area contributed by atoms with E-state index in [0.717, 1.165) is 11.3 Å². The summed E-state index contributed by atoms with van der Waals surface area (Å²) in [6, 6.07) is 2.92. The first-order valence-electron chi connectivity index (χ1n) is 4.06. The van der Waals surface area contributed by atoms with E-state index in [-0.39, 0.29) is 17.3 Å². The van der Waals surface area contributed by atoms with Gasteiger partial charge in [-0.1, -0.05) is 0 Å². The van der Waals surface area contributed by atoms with Gasteiger partial charge in [-0.05, 0) is 18.4 Å². The van der Waals surface area contributed by atoms with Gasteiger partial charge in [0.1, 0.15) is 10.7 Å². The zero-order valence-corrected chi connectivity index (χ0v) is 8.40. The predicted molar refractivity (Wildman–Crippen MR) is 51.4 cm³/mol. The molecule has 0 aliphatic carbocycles. The molecule has 74 valence electrons. The summed E-state index contributed by atoms with van der Waals surface area (Å²) in [6.07, 6.45) is 0.221. The molecule has 1 amide bonds. The number of halogens is 1. The summed E-state index contributed by atoms with van der Waals surface area (Å²) in [5.74, 6) is -0.975. The van der Waals surface area contributed by atoms with Crippen LogP contribution in [0.25, 0.3) is 0 Å². The molecule has 1 N–H and O–H groups in total. The van der Waals surface area contributed by atoms with Crippen molar-refractivity contribution in [2.45, 2.75) is 19.4 Å². The van der Waals surface area contributed by atoms with E-state index in [0.29, 0.717) is 0 Å². The van der Waals surface area contributed by atoms with Crippen LogP contribution in [0.15, 0.2) is 11.4 Å². The number of nitrogens with zero attached hydrogens (tertiary/aromatic N) is 1. The molecule has 0 fully saturated rings. The topological polar surface area (TPSA) is 52.9 Å². The molecule has 0 saturated heterocycles. The fourth-order valence-electron chi connectivity index (χ4n) is 0.933. The van der Waals surface area contributed by atoms with Gasteiger partial charge in [0.15, 0.2) is 0 Å². The Bertz CT molecular complexity index is 369. The monoisotopic (exact) mass is 212 g/mol. The van der Waals surface area contributed by atoms with Crippen LogP contribution in [0.4, 0.5) is 4.39 Å². The van der Waals surface area contributed by atoms with Crippen molar-refractivity contribution in [2.75, 3.05) is 0 Å². The molecular weight excluding hydrogens is 203 g/mol. The van der Waals surface area contributed by atoms with Gasteiger partial charge in [0.25, 0.3) is 5.91 Å². The highest BCUT2D eigenvalue weighted by atomic mass is 32.1. The van der Waals surface area contributed by atoms with Gasteiger partial charge < -0.3 is 5.32 Å². The molecule has 1 rings (SSSR count). The van der Waals surface area contributed by atoms with Gasteiger partial charge in [0.05, 0.1) is 12.5 Å². The van der Waals surface area contributed by atoms with E-state index in [1.54, 1.807) is 6.92 Å². The van der Waals surface area contributed by atoms with Crippen molar-refractivity contribution in [1.29, 1.82) is 5.26 Å². The predicted octanol–water partition coefficient (Wildman–Crippen LogP) is 1.92. The van der Waals surface area contributed by atoms with Gasteiger partial charge in [-0.2, -0.15) is 5.26 Å². The van der Waals surface area contributed by atoms with Crippen LogP contribution in [-0.2, 0) is 0 Å². The number of nitriles is 1. The molecule has 0 spiro atoms. The minimum Gasteiger partial charge on any atom is -0.348 e. The quantitative estimate of drug-likeness (QED) is 0.832. The van der Waals surface area contributed by atoms with E-state index in [1.165, 1.54) is 11.4 Å². The number of hydrogen-bond acceptors (Lipinski definition) is 3. The van der Waals surface area contributed by atoms with E-state index >= 15 is 0 Å². The Morgan fingerprint density at radius 3 is 3.07 bits per heavy atom. The molecular formula is C9H9FN2OS. The molecule has 14 heavy (non-hydrogen) atoms. The molecule has 1 aromatic rings. The summed E-state index contributed by atoms with van der Waals surface area (Å²) in [4.78, 5) is 11.4. The average Bonchev–Trinajstić information content (AvgIpc) is 2.51. The van der Waals surface area contributed by atoms with Crippen LogP contribution in [0, 0.1) is 17.1 Å². The van der Waals surface area contributed by atoms with Gasteiger partial charge >= 0.3 is 0 Å². The van der Waals surface area contributed by atoms with Gasteiger partial charge in [-0.3, -0.25) is 4.79 Å². The maximum atomic E-state index is 12.9. The standard InChI is InChI=1S/C9H9FN2OS/c1-6(2-4-11)12-9(13)8-7(10)3-5-14-8/h3,5-6H,2H2,1H3,(H,12,13). The second-order valence-corrected chi connectivity index (χ2v) is 3.75. The summed E-state index contributed by atoms with van der Waals surface area (Å²) in [5.41, 5.74) is 0. The maximum Gasteiger partial charge on any atom is 0.264 e. The molecule has 0 saturated carbocycles. The fourth-order valence-corrected chi connectivity index (χ4v) is 1.60. The Kier molecular flexibility index (Phi) is 3.60. The molecule has 1 heterocycles. The second-order valence-electron chi connectivity index (χ2n) is 2.83. The van der Waals surface area contributed by atoms with Crippen molar-refractivity contribution in [3.8, 4) is 6.07 Å². The Morgan fingerprint density at radius 2 is 2.57 bits per heavy atom. The fraction of sp³-hybridized carbons (Fsp3) is 0.333. The van der Waals surface area contributed by atoms with Gasteiger partial charge in [-0.15, -0.1) is 11.3 Å². The third kappa shape index (κ3) is 2.54. The number of nitrogens with one attached hydrogen (secondary N) is 1. The van der Waals surface area contributed by atoms with Crippen LogP contribution in [0.1, 0.15) is 23.0 Å². The highest BCUT2D eigenvalue weighted by Crippen LogP contribution is 2.14. The molecule has 0 radical (unpaired) electrons. The van der Waals surface area contributed by atoms with Crippen molar-refractivity contribution in [1.82, 2.24) is 5.32 Å². The molecule has 0 aliphatic heterocycles. The summed E-state index contributed by atoms with van der Waals surface area (Å²) in [5, 5.41) is 12.4. The van der Waals surface area contributed by atoms with Crippen LogP contribution < -0.4 is 5.32 Å². The SMILES string of the molecule is CC(CC#N)NC(=O)c1sccc1F. The normalized spacial score (nSPS) is 11.8. The smallest absolute Gasteiger partial charge is 0.264 e. The number of carbonyl (C=O) groups is 1. The average molecular weight is 212 g/mol. The first kappa shape index (κ1) is 10.7. The first-order valence-corrected chi connectivity index (χ1v) is 4.94. The summed E-state index contributed by atoms with van der Waals surface area (Å²) in [6.45, 7) is 1.70. The zero-order valence-electron chi connectivity index (χ0n) is 7.58. The van der Waals surface area contributed by atoms with E-state index in [2.05, 4.69) is 5.32 Å². The lowest BCUT2D eigenvalue weighted by Crippen LogP contribution is -2.32. The zero-order chi connectivity index (χ0) is 10.6. The minimum atomic E-state index is -0.517. The lowest BCUT2D eigenvalue weighted by Gasteiger charge is -2.08. The van der Waals surface area contributed by atoms with Crippen LogP contribution in [-0.4, -0.2) is 11.9 Å². The highest BCUT2D eigenvalue weighted by molar-refractivity contribution is 7.12. The number of carbonyl (C=O) groups excluding carboxylic acids is 1. The van der Waals surface area contributed by atoms with Crippen molar-refractivity contribution >= 4 is 17.2 Å². The van der Waals surface area contributed by atoms with Crippen molar-refractivity contribution < 1.29 is 9.18 Å². The van der Waals surface area contributed by atoms with E-state index in [1.807, 2.05) is 6.07 Å². The summed E-state index contributed by atoms with van der Waals surface area (Å²) < 4.78 is 12.9. The van der Waals surface area contributed by atoms with Gasteiger partial charge in [0.2, 0.25) is 0 Å². The maximum absolute atomic E-state index is 12.9. The third-order valence-electron chi connectivity index (χ3n) is 1.60. The van der Waals surface area contributed by atoms with Crippen LogP contribution >= 0.6 is 11.3 Å². The van der Waals surface area contributed by atoms with Crippen molar-refractivity contribution in [3.05, 3.63) is 22.1 Å². The number of rotatable bonds is 3. The molecule has 1 aromatic heterocycles. The van der Waals surface area contributed by atoms with E-state index < -0.39 is 11.7 Å². The molecule has 3 nitrogen and oxygen atoms in total. The first-order chi connectivity index (χ1) is 6.65. The Labute approximate surface area is 85.2 Å². The summed E-state index contributed by atoms with van der Waals surface area (Å²) in [7, 11) is 0. The van der Waals surface area contributed by atoms with Crippen LogP contribution in [0.2, 0.25) is 0 Å². The number of hydrogen-bond donors (Lipinski definition) is 1. The number of thiophene rings is 1. The molecule has 1 atom stereocenters. The van der Waals surface area contributed by atoms with Crippen molar-refractivity contribution in [3.63, 3.8) is 0 Å². The lowest BCUT2D eigenvalue weighted by atomic mass is 10.2. The Balaban J connectivity index is 2.60. The third-order valence-corrected chi connectivity index (χ3v) is 2.49. The van der Waals surface area contributed by atoms with Crippen LogP contribution in [0.3, 0.4) is 0 Å². The minimum absolute atomic E-state index is 0.0646. The molecule has 1 unspecified atom stereocenters. The van der Waals surface area contributed by atoms with Gasteiger partial charge in [-0.25, -0.2) is 4.39 Å². The largest absolute Gasteiger partial charge is 0.348 e. The van der Waals surface area contributed by atoms with E-state index in [4.69, 9.17) is 5.26 Å². The Morgan fingerprint density at radius 1 is 1.86 bits per heavy atom.